The SMILES string of the molecule is O=C1NC(O)CCC1N1Cc2cc(CNC(=O)C(F)(F)c3ccc(C4CC4)cc3)ccc2C1=O. The van der Waals surface area contributed by atoms with Crippen molar-refractivity contribution in [3.05, 3.63) is 70.3 Å². The number of aliphatic hydroxyl groups is 1. The van der Waals surface area contributed by atoms with Crippen LogP contribution < -0.4 is 10.6 Å². The van der Waals surface area contributed by atoms with E-state index in [1.54, 1.807) is 30.3 Å². The third-order valence-electron chi connectivity index (χ3n) is 6.76. The van der Waals surface area contributed by atoms with E-state index in [2.05, 4.69) is 10.6 Å². The maximum absolute atomic E-state index is 14.7. The number of hydrogen-bond donors (Lipinski definition) is 3. The van der Waals surface area contributed by atoms with Crippen LogP contribution in [-0.4, -0.2) is 40.0 Å². The van der Waals surface area contributed by atoms with Crippen molar-refractivity contribution in [3.8, 4) is 0 Å². The lowest BCUT2D eigenvalue weighted by molar-refractivity contribution is -0.147. The van der Waals surface area contributed by atoms with Crippen molar-refractivity contribution >= 4 is 17.7 Å². The average molecular weight is 469 g/mol. The third kappa shape index (κ3) is 4.16. The molecule has 3 amide bonds. The molecule has 1 aliphatic carbocycles. The molecule has 2 fully saturated rings. The zero-order valence-corrected chi connectivity index (χ0v) is 18.4. The fourth-order valence-electron chi connectivity index (χ4n) is 4.64. The fourth-order valence-corrected chi connectivity index (χ4v) is 4.64. The molecule has 178 valence electrons. The van der Waals surface area contributed by atoms with E-state index in [0.29, 0.717) is 35.4 Å². The van der Waals surface area contributed by atoms with Crippen molar-refractivity contribution < 1.29 is 28.3 Å². The standard InChI is InChI=1S/C25H25F2N3O4/c26-25(27,18-6-4-16(5-7-18)15-2-3-15)24(34)28-12-14-1-8-19-17(11-14)13-30(23(19)33)20-9-10-21(31)29-22(20)32/h1,4-8,11,15,20-21,31H,2-3,9-10,12-13H2,(H,28,34)(H,29,32). The minimum Gasteiger partial charge on any atom is -0.374 e. The molecular weight excluding hydrogens is 444 g/mol. The zero-order valence-electron chi connectivity index (χ0n) is 18.4. The largest absolute Gasteiger partial charge is 0.374 e. The minimum absolute atomic E-state index is 0.119. The Hall–Kier alpha value is -3.33. The van der Waals surface area contributed by atoms with Crippen LogP contribution in [0.15, 0.2) is 42.5 Å². The number of carbonyl (C=O) groups excluding carboxylic acids is 3. The molecule has 3 aliphatic rings. The Kier molecular flexibility index (Phi) is 5.59. The number of alkyl halides is 2. The lowest BCUT2D eigenvalue weighted by atomic mass is 10.0. The summed E-state index contributed by atoms with van der Waals surface area (Å²) in [5, 5.41) is 14.3. The number of nitrogens with one attached hydrogen (secondary N) is 2. The molecule has 2 aromatic rings. The molecule has 2 unspecified atom stereocenters. The maximum Gasteiger partial charge on any atom is 0.349 e. The number of piperidine rings is 1. The molecule has 5 rings (SSSR count). The normalized spacial score (nSPS) is 22.4. The first-order valence-electron chi connectivity index (χ1n) is 11.4. The lowest BCUT2D eigenvalue weighted by Crippen LogP contribution is -2.54. The highest BCUT2D eigenvalue weighted by molar-refractivity contribution is 6.01. The average Bonchev–Trinajstić information content (AvgIpc) is 3.62. The van der Waals surface area contributed by atoms with Gasteiger partial charge in [0.25, 0.3) is 11.8 Å². The Morgan fingerprint density at radius 2 is 1.82 bits per heavy atom. The second kappa shape index (κ2) is 8.47. The van der Waals surface area contributed by atoms with Gasteiger partial charge in [0.1, 0.15) is 12.3 Å². The van der Waals surface area contributed by atoms with Gasteiger partial charge < -0.3 is 20.6 Å². The third-order valence-corrected chi connectivity index (χ3v) is 6.76. The van der Waals surface area contributed by atoms with Crippen LogP contribution in [0.2, 0.25) is 0 Å². The van der Waals surface area contributed by atoms with E-state index in [4.69, 9.17) is 0 Å². The number of rotatable bonds is 6. The predicted octanol–water partition coefficient (Wildman–Crippen LogP) is 2.53. The summed E-state index contributed by atoms with van der Waals surface area (Å²) in [5.41, 5.74) is 2.35. The molecule has 9 heteroatoms. The zero-order chi connectivity index (χ0) is 24.0. The molecular formula is C25H25F2N3O4. The van der Waals surface area contributed by atoms with E-state index >= 15 is 0 Å². The first-order chi connectivity index (χ1) is 16.2. The number of aliphatic hydroxyl groups excluding tert-OH is 1. The quantitative estimate of drug-likeness (QED) is 0.606. The second-order valence-electron chi connectivity index (χ2n) is 9.20. The van der Waals surface area contributed by atoms with Gasteiger partial charge in [0, 0.05) is 24.2 Å². The van der Waals surface area contributed by atoms with Crippen molar-refractivity contribution in [3.63, 3.8) is 0 Å². The van der Waals surface area contributed by atoms with E-state index in [9.17, 15) is 28.3 Å². The van der Waals surface area contributed by atoms with E-state index in [0.717, 1.165) is 18.4 Å². The van der Waals surface area contributed by atoms with Gasteiger partial charge in [-0.2, -0.15) is 8.78 Å². The molecule has 0 bridgehead atoms. The number of nitrogens with zero attached hydrogens (tertiary/aromatic N) is 1. The van der Waals surface area contributed by atoms with Crippen LogP contribution in [0.4, 0.5) is 8.78 Å². The van der Waals surface area contributed by atoms with E-state index < -0.39 is 30.0 Å². The first kappa shape index (κ1) is 22.5. The summed E-state index contributed by atoms with van der Waals surface area (Å²) >= 11 is 0. The van der Waals surface area contributed by atoms with Gasteiger partial charge in [-0.15, -0.1) is 0 Å². The van der Waals surface area contributed by atoms with Crippen LogP contribution >= 0.6 is 0 Å². The minimum atomic E-state index is -3.66. The number of benzene rings is 2. The predicted molar refractivity (Wildman–Crippen MR) is 118 cm³/mol. The number of amides is 3. The summed E-state index contributed by atoms with van der Waals surface area (Å²) < 4.78 is 29.3. The molecule has 1 saturated carbocycles. The van der Waals surface area contributed by atoms with Crippen LogP contribution in [0.25, 0.3) is 0 Å². The van der Waals surface area contributed by atoms with Gasteiger partial charge in [-0.1, -0.05) is 36.4 Å². The van der Waals surface area contributed by atoms with Crippen molar-refractivity contribution in [2.24, 2.45) is 0 Å². The molecule has 2 atom stereocenters. The van der Waals surface area contributed by atoms with E-state index in [-0.39, 0.29) is 24.6 Å². The van der Waals surface area contributed by atoms with Crippen LogP contribution in [0.3, 0.4) is 0 Å². The summed E-state index contributed by atoms with van der Waals surface area (Å²) in [6, 6.07) is 10.1. The number of halogens is 2. The molecule has 34 heavy (non-hydrogen) atoms. The topological polar surface area (TPSA) is 98.7 Å². The smallest absolute Gasteiger partial charge is 0.349 e. The molecule has 3 N–H and O–H groups in total. The molecule has 0 spiro atoms. The number of hydrogen-bond acceptors (Lipinski definition) is 4. The highest BCUT2D eigenvalue weighted by Gasteiger charge is 2.41. The Labute approximate surface area is 195 Å². The second-order valence-corrected chi connectivity index (χ2v) is 9.20. The number of fused-ring (bicyclic) bond motifs is 1. The summed E-state index contributed by atoms with van der Waals surface area (Å²) in [5.74, 6) is -5.30. The van der Waals surface area contributed by atoms with Crippen LogP contribution in [-0.2, 0) is 28.6 Å². The van der Waals surface area contributed by atoms with Crippen LogP contribution in [0, 0.1) is 0 Å². The van der Waals surface area contributed by atoms with Crippen LogP contribution in [0.5, 0.6) is 0 Å². The van der Waals surface area contributed by atoms with E-state index in [1.165, 1.54) is 17.0 Å². The summed E-state index contributed by atoms with van der Waals surface area (Å²) in [7, 11) is 0. The van der Waals surface area contributed by atoms with Gasteiger partial charge in [-0.25, -0.2) is 0 Å². The monoisotopic (exact) mass is 469 g/mol. The fraction of sp³-hybridized carbons (Fsp3) is 0.400. The summed E-state index contributed by atoms with van der Waals surface area (Å²) in [4.78, 5) is 38.7. The summed E-state index contributed by atoms with van der Waals surface area (Å²) in [6.07, 6.45) is 1.93. The maximum atomic E-state index is 14.7. The van der Waals surface area contributed by atoms with Gasteiger partial charge >= 0.3 is 5.92 Å². The van der Waals surface area contributed by atoms with Crippen molar-refractivity contribution in [2.45, 2.75) is 62.9 Å². The Morgan fingerprint density at radius 3 is 2.50 bits per heavy atom. The Balaban J connectivity index is 1.23. The molecule has 2 aliphatic heterocycles. The van der Waals surface area contributed by atoms with Crippen molar-refractivity contribution in [2.75, 3.05) is 0 Å². The molecule has 0 radical (unpaired) electrons. The van der Waals surface area contributed by atoms with Gasteiger partial charge in [0.2, 0.25) is 5.91 Å². The van der Waals surface area contributed by atoms with Crippen LogP contribution in [0.1, 0.15) is 64.2 Å². The molecule has 2 heterocycles. The summed E-state index contributed by atoms with van der Waals surface area (Å²) in [6.45, 7) is 0.0831. The van der Waals surface area contributed by atoms with Crippen molar-refractivity contribution in [1.29, 1.82) is 0 Å². The lowest BCUT2D eigenvalue weighted by Gasteiger charge is -2.32. The molecule has 2 aromatic carbocycles. The van der Waals surface area contributed by atoms with Crippen molar-refractivity contribution in [1.82, 2.24) is 15.5 Å². The molecule has 7 nitrogen and oxygen atoms in total. The Morgan fingerprint density at radius 1 is 1.09 bits per heavy atom. The molecule has 1 saturated heterocycles. The Bertz CT molecular complexity index is 1150. The van der Waals surface area contributed by atoms with Gasteiger partial charge in [0.15, 0.2) is 0 Å². The van der Waals surface area contributed by atoms with Gasteiger partial charge in [-0.3, -0.25) is 14.4 Å². The molecule has 0 aromatic heterocycles. The van der Waals surface area contributed by atoms with Gasteiger partial charge in [0.05, 0.1) is 0 Å². The first-order valence-corrected chi connectivity index (χ1v) is 11.4. The number of carbonyl (C=O) groups is 3. The highest BCUT2D eigenvalue weighted by Crippen LogP contribution is 2.41. The van der Waals surface area contributed by atoms with Gasteiger partial charge in [-0.05, 0) is 54.4 Å². The highest BCUT2D eigenvalue weighted by atomic mass is 19.3. The van der Waals surface area contributed by atoms with E-state index in [1.807, 2.05) is 0 Å².